The maximum atomic E-state index is 15.3. The molecule has 0 spiro atoms. The molecule has 30 heteroatoms. The number of benzene rings is 8. The molecule has 4 aromatic heterocycles. The number of aromatic nitrogens is 5. The lowest BCUT2D eigenvalue weighted by Crippen LogP contribution is -2.47. The first kappa shape index (κ1) is 96.6. The van der Waals surface area contributed by atoms with Crippen molar-refractivity contribution in [3.63, 3.8) is 0 Å². The Bertz CT molecular complexity index is 6340. The van der Waals surface area contributed by atoms with E-state index >= 15 is 8.78 Å². The van der Waals surface area contributed by atoms with Crippen LogP contribution in [0.15, 0.2) is 323 Å². The maximum Gasteiger partial charge on any atom is 0.252 e. The van der Waals surface area contributed by atoms with Gasteiger partial charge in [0.1, 0.15) is 52.4 Å². The topological polar surface area (TPSA) is 341 Å². The largest absolute Gasteiger partial charge is 0.396 e. The Morgan fingerprint density at radius 3 is 1.18 bits per heavy atom. The number of nitrogens with zero attached hydrogens (tertiary/aromatic N) is 9. The number of ether oxygens (including phenoxy) is 1. The van der Waals surface area contributed by atoms with Gasteiger partial charge in [-0.05, 0) is 180 Å². The summed E-state index contributed by atoms with van der Waals surface area (Å²) in [5.74, 6) is -4.28. The summed E-state index contributed by atoms with van der Waals surface area (Å²) in [5.41, 5.74) is 11.1. The van der Waals surface area contributed by atoms with E-state index in [9.17, 15) is 66.7 Å². The van der Waals surface area contributed by atoms with Gasteiger partial charge in [0, 0.05) is 156 Å². The zero-order valence-corrected chi connectivity index (χ0v) is 72.5. The predicted octanol–water partition coefficient (Wildman–Crippen LogP) is 14.0. The monoisotopic (exact) mass is 1820 g/mol. The van der Waals surface area contributed by atoms with E-state index in [1.54, 1.807) is 158 Å². The van der Waals surface area contributed by atoms with Crippen LogP contribution in [0.3, 0.4) is 0 Å². The summed E-state index contributed by atoms with van der Waals surface area (Å²) in [6.07, 6.45) is 12.1. The second kappa shape index (κ2) is 47.8. The van der Waals surface area contributed by atoms with Gasteiger partial charge in [-0.3, -0.25) is 54.1 Å². The van der Waals surface area contributed by atoms with Crippen LogP contribution in [0.2, 0.25) is 0 Å². The standard InChI is InChI=1S/C26H23F2N3O3.2C26H23F2N3O2.C26H25FN4O3/c27-17-10-8-16(9-11-17)21-14-30-25(24(21)28)19-6-1-2-7-20(19)26(34)31-22(23(33)15-32)13-18-5-3-4-12-29-18;27-18-10-8-17(9-11-18)23-16-30-25(24(23)28)21-6-1-2-7-22(21)26(33)31-20(12-14-32)15-19-5-3-4-13-29-19;27-19-9-7-17(8-10-19)18-14-24(30-16-18)25-22(5-3-6-23(25)28)26(33)31-21(11-13-32)15-20-4-1-2-12-29-20;1-34-24(16-32)23(14-25-28-11-4-12-29-25)31-26(33)21-6-3-2-5-20(21)22-13-18(15-30-22)17-7-9-19(27)10-8-17/h1-12,22-23,32-33H,13-15H2,(H,31,34);1-11,13,20,32H,12,14-16H2,(H,31,33);1-10,12,14,21,32H,11,13,15-16H2,(H,31,33);2-13,23-24,32H,14-16H2,1H3,(H,31,33)/t22-,23-;20-;21-;23-,24?/m1001/s1. The van der Waals surface area contributed by atoms with Crippen molar-refractivity contribution in [3.05, 3.63) is 422 Å². The fourth-order valence-corrected chi connectivity index (χ4v) is 15.3. The molecule has 0 saturated heterocycles. The summed E-state index contributed by atoms with van der Waals surface area (Å²) in [6.45, 7) is -0.0973. The lowest BCUT2D eigenvalue weighted by atomic mass is 9.98. The molecule has 0 aliphatic carbocycles. The molecule has 8 aromatic carbocycles. The van der Waals surface area contributed by atoms with E-state index in [-0.39, 0.29) is 109 Å². The van der Waals surface area contributed by atoms with Gasteiger partial charge < -0.3 is 51.5 Å². The van der Waals surface area contributed by atoms with E-state index in [0.29, 0.717) is 113 Å². The van der Waals surface area contributed by atoms with Crippen LogP contribution in [0, 0.1) is 29.1 Å². The highest BCUT2D eigenvalue weighted by atomic mass is 19.2. The third kappa shape index (κ3) is 25.6. The Morgan fingerprint density at radius 2 is 0.746 bits per heavy atom. The highest BCUT2D eigenvalue weighted by Gasteiger charge is 2.33. The van der Waals surface area contributed by atoms with E-state index in [1.165, 1.54) is 92.0 Å². The number of methoxy groups -OCH3 is 1. The molecular weight excluding hydrogens is 1720 g/mol. The van der Waals surface area contributed by atoms with Crippen LogP contribution in [0.25, 0.3) is 22.3 Å². The van der Waals surface area contributed by atoms with E-state index in [2.05, 4.69) is 66.2 Å². The van der Waals surface area contributed by atoms with E-state index in [4.69, 9.17) is 4.74 Å². The summed E-state index contributed by atoms with van der Waals surface area (Å²) in [7, 11) is 1.48. The molecular formula is C104H94F7N13O10. The normalized spacial score (nSPS) is 14.5. The summed E-state index contributed by atoms with van der Waals surface area (Å²) >= 11 is 0. The molecule has 6 atom stereocenters. The van der Waals surface area contributed by atoms with Crippen LogP contribution < -0.4 is 21.3 Å². The SMILES string of the molecule is COC(CO)[C@@H](Cc1ncccn1)NC(=O)c1ccccc1C1=NCC(c2ccc(F)cc2)=C1.O=C(N[C@@H](CCO)Cc1ccccn1)c1cccc(F)c1C1=NCC(c2ccc(F)cc2)=C1.O=C(N[C@@H](CCO)Cc1ccccn1)c1ccccc1C1=NCC(c2ccc(F)cc2)=C1F.O=C(N[C@H](Cc1ccccn1)[C@H](O)CO)c1ccccc1C1=NCC(c2ccc(F)cc2)=C1F. The third-order valence-electron chi connectivity index (χ3n) is 22.2. The molecule has 4 aliphatic rings. The highest BCUT2D eigenvalue weighted by Crippen LogP contribution is 2.34. The van der Waals surface area contributed by atoms with Gasteiger partial charge in [0.25, 0.3) is 23.6 Å². The minimum absolute atomic E-state index is 0.0362. The number of nitrogens with one attached hydrogen (secondary N) is 4. The van der Waals surface area contributed by atoms with Crippen molar-refractivity contribution in [2.24, 2.45) is 20.0 Å². The Morgan fingerprint density at radius 1 is 0.366 bits per heavy atom. The van der Waals surface area contributed by atoms with Crippen LogP contribution in [0.5, 0.6) is 0 Å². The fourth-order valence-electron chi connectivity index (χ4n) is 15.3. The van der Waals surface area contributed by atoms with Crippen molar-refractivity contribution in [1.82, 2.24) is 46.2 Å². The van der Waals surface area contributed by atoms with Crippen LogP contribution in [-0.2, 0) is 30.4 Å². The fraction of sp³-hybridized carbons (Fsp3) is 0.202. The first-order chi connectivity index (χ1) is 65.2. The Hall–Kier alpha value is -14.9. The number of pyridine rings is 3. The third-order valence-corrected chi connectivity index (χ3v) is 22.2. The number of allylic oxidation sites excluding steroid dienone is 4. The quantitative estimate of drug-likeness (QED) is 0.0173. The first-order valence-corrected chi connectivity index (χ1v) is 43.0. The molecule has 0 fully saturated rings. The van der Waals surface area contributed by atoms with Gasteiger partial charge in [-0.25, -0.2) is 40.7 Å². The van der Waals surface area contributed by atoms with Crippen LogP contribution >= 0.6 is 0 Å². The van der Waals surface area contributed by atoms with Gasteiger partial charge in [-0.2, -0.15) is 0 Å². The van der Waals surface area contributed by atoms with Crippen LogP contribution in [0.4, 0.5) is 30.7 Å². The lowest BCUT2D eigenvalue weighted by molar-refractivity contribution is 0.0211. The smallest absolute Gasteiger partial charge is 0.252 e. The average Bonchev–Trinajstić information content (AvgIpc) is 1.65. The molecule has 4 aliphatic heterocycles. The van der Waals surface area contributed by atoms with E-state index in [1.807, 2.05) is 48.5 Å². The molecule has 12 aromatic rings. The number of carbonyl (C=O) groups is 4. The van der Waals surface area contributed by atoms with Crippen molar-refractivity contribution in [3.8, 4) is 0 Å². The number of amides is 4. The van der Waals surface area contributed by atoms with Gasteiger partial charge in [0.2, 0.25) is 0 Å². The number of carbonyl (C=O) groups excluding carboxylic acids is 4. The number of halogens is 7. The Kier molecular flexibility index (Phi) is 34.4. The van der Waals surface area contributed by atoms with Crippen molar-refractivity contribution in [2.45, 2.75) is 74.9 Å². The van der Waals surface area contributed by atoms with Gasteiger partial charge in [0.05, 0.1) is 74.6 Å². The minimum Gasteiger partial charge on any atom is -0.396 e. The predicted molar refractivity (Wildman–Crippen MR) is 498 cm³/mol. The zero-order chi connectivity index (χ0) is 94.4. The number of aliphatic hydroxyl groups excluding tert-OH is 5. The Labute approximate surface area is 768 Å². The van der Waals surface area contributed by atoms with Crippen molar-refractivity contribution in [2.75, 3.05) is 59.7 Å². The molecule has 8 heterocycles. The molecule has 1 unspecified atom stereocenters. The molecule has 4 amide bonds. The molecule has 9 N–H and O–H groups in total. The number of aliphatic imine (C=N–C) groups is 4. The molecule has 0 radical (unpaired) electrons. The summed E-state index contributed by atoms with van der Waals surface area (Å²) in [5, 5.41) is 59.9. The molecule has 0 bridgehead atoms. The zero-order valence-electron chi connectivity index (χ0n) is 72.5. The first-order valence-electron chi connectivity index (χ1n) is 43.0. The number of aliphatic hydroxyl groups is 5. The molecule has 23 nitrogen and oxygen atoms in total. The summed E-state index contributed by atoms with van der Waals surface area (Å²) in [6, 6.07) is 64.0. The number of hydrogen-bond donors (Lipinski definition) is 9. The van der Waals surface area contributed by atoms with Gasteiger partial charge in [-0.15, -0.1) is 0 Å². The summed E-state index contributed by atoms with van der Waals surface area (Å²) in [4.78, 5) is 91.7. The van der Waals surface area contributed by atoms with Crippen LogP contribution in [0.1, 0.15) is 122 Å². The molecule has 0 saturated carbocycles. The molecule has 16 rings (SSSR count). The van der Waals surface area contributed by atoms with Crippen molar-refractivity contribution in [1.29, 1.82) is 0 Å². The van der Waals surface area contributed by atoms with Crippen molar-refractivity contribution >= 4 is 68.8 Å². The maximum absolute atomic E-state index is 15.3. The number of hydrogen-bond acceptors (Lipinski definition) is 19. The van der Waals surface area contributed by atoms with Crippen LogP contribution in [-0.4, -0.2) is 193 Å². The molecule has 134 heavy (non-hydrogen) atoms. The highest BCUT2D eigenvalue weighted by molar-refractivity contribution is 6.24. The average molecular weight is 1820 g/mol. The van der Waals surface area contributed by atoms with E-state index in [0.717, 1.165) is 33.7 Å². The molecule has 684 valence electrons. The lowest BCUT2D eigenvalue weighted by Gasteiger charge is -2.25. The minimum atomic E-state index is -1.22. The van der Waals surface area contributed by atoms with Gasteiger partial charge in [-0.1, -0.05) is 127 Å². The van der Waals surface area contributed by atoms with Gasteiger partial charge in [0.15, 0.2) is 11.7 Å². The van der Waals surface area contributed by atoms with Gasteiger partial charge >= 0.3 is 0 Å². The number of rotatable bonds is 33. The summed E-state index contributed by atoms with van der Waals surface area (Å²) < 4.78 is 104. The second-order valence-electron chi connectivity index (χ2n) is 31.2. The second-order valence-corrected chi connectivity index (χ2v) is 31.2. The van der Waals surface area contributed by atoms with E-state index < -0.39 is 71.8 Å². The van der Waals surface area contributed by atoms with Crippen molar-refractivity contribution < 1.29 is 80.2 Å². The Balaban J connectivity index is 0.000000152.